The third kappa shape index (κ3) is 7.40. The van der Waals surface area contributed by atoms with E-state index in [0.717, 1.165) is 50.2 Å². The molecule has 0 fully saturated rings. The van der Waals surface area contributed by atoms with Gasteiger partial charge >= 0.3 is 0 Å². The molecule has 7 aromatic rings. The van der Waals surface area contributed by atoms with E-state index in [2.05, 4.69) is 152 Å². The van der Waals surface area contributed by atoms with Gasteiger partial charge < -0.3 is 5.11 Å². The summed E-state index contributed by atoms with van der Waals surface area (Å²) in [6.07, 6.45) is 1.87. The molecule has 0 aliphatic carbocycles. The third-order valence-corrected chi connectivity index (χ3v) is 9.88. The van der Waals surface area contributed by atoms with Gasteiger partial charge in [-0.05, 0) is 68.3 Å². The van der Waals surface area contributed by atoms with Gasteiger partial charge in [0, 0.05) is 33.0 Å². The van der Waals surface area contributed by atoms with Gasteiger partial charge in [0.1, 0.15) is 11.6 Å². The Hall–Kier alpha value is -4.79. The van der Waals surface area contributed by atoms with Gasteiger partial charge in [0.25, 0.3) is 0 Å². The number of aromatic nitrogens is 3. The third-order valence-electron chi connectivity index (χ3n) is 9.88. The van der Waals surface area contributed by atoms with Gasteiger partial charge in [-0.1, -0.05) is 146 Å². The summed E-state index contributed by atoms with van der Waals surface area (Å²) in [6.45, 7) is 20.4. The van der Waals surface area contributed by atoms with Gasteiger partial charge in [-0.2, -0.15) is 0 Å². The zero-order valence-electron chi connectivity index (χ0n) is 32.2. The fourth-order valence-electron chi connectivity index (χ4n) is 7.04. The minimum absolute atomic E-state index is 0. The van der Waals surface area contributed by atoms with Crippen molar-refractivity contribution < 1.29 is 26.2 Å². The molecule has 0 unspecified atom stereocenters. The number of phenols is 1. The normalized spacial score (nSPS) is 12.2. The van der Waals surface area contributed by atoms with E-state index in [1.807, 2.05) is 36.5 Å². The average Bonchev–Trinajstić information content (AvgIpc) is 3.49. The molecular formula is C48H48N3OPt-. The molecule has 0 spiro atoms. The van der Waals surface area contributed by atoms with Gasteiger partial charge in [-0.25, -0.2) is 4.98 Å². The fraction of sp³-hybridized carbons (Fsp3) is 0.250. The number of fused-ring (bicyclic) bond motifs is 1. The second-order valence-corrected chi connectivity index (χ2v) is 16.9. The van der Waals surface area contributed by atoms with Crippen molar-refractivity contribution >= 4 is 11.0 Å². The molecule has 0 saturated carbocycles. The van der Waals surface area contributed by atoms with Crippen molar-refractivity contribution in [2.24, 2.45) is 0 Å². The molecule has 5 aromatic carbocycles. The van der Waals surface area contributed by atoms with Gasteiger partial charge in [0.15, 0.2) is 0 Å². The van der Waals surface area contributed by atoms with E-state index in [1.165, 1.54) is 16.7 Å². The van der Waals surface area contributed by atoms with Crippen LogP contribution in [0.2, 0.25) is 0 Å². The first kappa shape index (κ1) is 37.9. The summed E-state index contributed by atoms with van der Waals surface area (Å²) >= 11 is 0. The Bertz CT molecular complexity index is 2390. The summed E-state index contributed by atoms with van der Waals surface area (Å²) in [7, 11) is 0. The second kappa shape index (κ2) is 14.2. The number of imidazole rings is 1. The number of hydrogen-bond donors (Lipinski definition) is 1. The summed E-state index contributed by atoms with van der Waals surface area (Å²) in [5, 5.41) is 11.4. The molecule has 2 aromatic heterocycles. The molecule has 0 radical (unpaired) electrons. The van der Waals surface area contributed by atoms with Gasteiger partial charge in [-0.3, -0.25) is 9.55 Å². The van der Waals surface area contributed by atoms with E-state index in [9.17, 15) is 5.11 Å². The monoisotopic (exact) mass is 877 g/mol. The SMILES string of the molecule is CC(C)(C)c1cc(-c2[c-]c(-c3cc(-c4ccccc4)ccn3)ccc2)c2nc(-c3ccccc3O)n(-c3c(C(C)(C)C)cccc3C(C)(C)C)c2c1.[Pt]. The van der Waals surface area contributed by atoms with Crippen molar-refractivity contribution in [2.45, 2.75) is 78.6 Å². The van der Waals surface area contributed by atoms with E-state index in [0.29, 0.717) is 11.4 Å². The molecule has 272 valence electrons. The second-order valence-electron chi connectivity index (χ2n) is 16.9. The van der Waals surface area contributed by atoms with Crippen LogP contribution in [0.15, 0.2) is 121 Å². The zero-order valence-corrected chi connectivity index (χ0v) is 34.4. The minimum atomic E-state index is -0.170. The van der Waals surface area contributed by atoms with Crippen molar-refractivity contribution in [1.29, 1.82) is 0 Å². The summed E-state index contributed by atoms with van der Waals surface area (Å²) in [5.41, 5.74) is 12.7. The zero-order chi connectivity index (χ0) is 37.0. The molecule has 2 heterocycles. The predicted octanol–water partition coefficient (Wildman–Crippen LogP) is 12.5. The number of para-hydroxylation sites is 2. The quantitative estimate of drug-likeness (QED) is 0.175. The first-order valence-corrected chi connectivity index (χ1v) is 18.2. The van der Waals surface area contributed by atoms with E-state index in [1.54, 1.807) is 6.07 Å². The van der Waals surface area contributed by atoms with Crippen molar-refractivity contribution in [2.75, 3.05) is 0 Å². The predicted molar refractivity (Wildman–Crippen MR) is 217 cm³/mol. The number of benzene rings is 5. The molecule has 0 amide bonds. The van der Waals surface area contributed by atoms with Crippen LogP contribution in [0, 0.1) is 6.07 Å². The first-order valence-electron chi connectivity index (χ1n) is 18.2. The molecule has 7 rings (SSSR count). The largest absolute Gasteiger partial charge is 0.507 e. The topological polar surface area (TPSA) is 50.9 Å². The Balaban J connectivity index is 0.00000481. The molecule has 5 heteroatoms. The van der Waals surface area contributed by atoms with Crippen LogP contribution in [0.4, 0.5) is 0 Å². The number of aromatic hydroxyl groups is 1. The molecule has 4 nitrogen and oxygen atoms in total. The van der Waals surface area contributed by atoms with Crippen molar-refractivity contribution in [3.8, 4) is 56.3 Å². The molecule has 0 aliphatic rings. The van der Waals surface area contributed by atoms with Crippen molar-refractivity contribution in [3.05, 3.63) is 144 Å². The van der Waals surface area contributed by atoms with Crippen LogP contribution in [-0.4, -0.2) is 19.6 Å². The minimum Gasteiger partial charge on any atom is -0.507 e. The Morgan fingerprint density at radius 2 is 1.21 bits per heavy atom. The molecule has 0 aliphatic heterocycles. The van der Waals surface area contributed by atoms with Crippen LogP contribution < -0.4 is 0 Å². The molecular weight excluding hydrogens is 830 g/mol. The summed E-state index contributed by atoms with van der Waals surface area (Å²) < 4.78 is 2.32. The number of nitrogens with zero attached hydrogens (tertiary/aromatic N) is 3. The Kier molecular flexibility index (Phi) is 10.2. The van der Waals surface area contributed by atoms with Crippen molar-refractivity contribution in [1.82, 2.24) is 14.5 Å². The molecule has 0 bridgehead atoms. The van der Waals surface area contributed by atoms with Gasteiger partial charge in [-0.15, -0.1) is 29.8 Å². The molecule has 1 N–H and O–H groups in total. The Morgan fingerprint density at radius 3 is 1.85 bits per heavy atom. The standard InChI is InChI=1S/C48H48N3O.Pt/c1-46(2,3)35-29-37(33-19-15-20-34(27-33)40-28-32(25-26-49-40)31-17-11-10-12-18-31)43-41(30-35)51(45(50-43)36-21-13-14-24-42(36)52)44-38(47(4,5)6)22-16-23-39(44)48(7,8)9;/h10-26,28-30,52H,1-9H3;/q-1;. The van der Waals surface area contributed by atoms with Crippen LogP contribution in [0.3, 0.4) is 0 Å². The number of pyridine rings is 1. The maximum atomic E-state index is 11.4. The van der Waals surface area contributed by atoms with Crippen LogP contribution >= 0.6 is 0 Å². The van der Waals surface area contributed by atoms with E-state index >= 15 is 0 Å². The Morgan fingerprint density at radius 1 is 0.585 bits per heavy atom. The van der Waals surface area contributed by atoms with E-state index in [4.69, 9.17) is 9.97 Å². The molecule has 0 atom stereocenters. The maximum absolute atomic E-state index is 11.4. The summed E-state index contributed by atoms with van der Waals surface area (Å²) in [5.74, 6) is 0.899. The molecule has 0 saturated heterocycles. The van der Waals surface area contributed by atoms with Crippen molar-refractivity contribution in [3.63, 3.8) is 0 Å². The number of rotatable bonds is 5. The number of hydrogen-bond acceptors (Lipinski definition) is 3. The first-order chi connectivity index (χ1) is 24.6. The van der Waals surface area contributed by atoms with Crippen LogP contribution in [-0.2, 0) is 37.3 Å². The van der Waals surface area contributed by atoms with Crippen LogP contribution in [0.1, 0.15) is 79.0 Å². The smallest absolute Gasteiger partial charge is 0.148 e. The van der Waals surface area contributed by atoms with Crippen LogP contribution in [0.5, 0.6) is 5.75 Å². The molecule has 53 heavy (non-hydrogen) atoms. The summed E-state index contributed by atoms with van der Waals surface area (Å²) in [6, 6.07) is 43.4. The maximum Gasteiger partial charge on any atom is 0.148 e. The summed E-state index contributed by atoms with van der Waals surface area (Å²) in [4.78, 5) is 10.3. The van der Waals surface area contributed by atoms with E-state index < -0.39 is 0 Å². The Labute approximate surface area is 329 Å². The average molecular weight is 878 g/mol. The number of phenolic OH excluding ortho intramolecular Hbond substituents is 1. The van der Waals surface area contributed by atoms with E-state index in [-0.39, 0.29) is 43.1 Å². The van der Waals surface area contributed by atoms with Crippen LogP contribution in [0.25, 0.3) is 61.6 Å². The fourth-order valence-corrected chi connectivity index (χ4v) is 7.04. The van der Waals surface area contributed by atoms with Gasteiger partial charge in [0.05, 0.1) is 22.3 Å². The van der Waals surface area contributed by atoms with Gasteiger partial charge in [0.2, 0.25) is 0 Å².